The zero-order chi connectivity index (χ0) is 22.0. The first-order chi connectivity index (χ1) is 14.8. The summed E-state index contributed by atoms with van der Waals surface area (Å²) in [4.78, 5) is 16.5. The highest BCUT2D eigenvalue weighted by Gasteiger charge is 2.42. The zero-order valence-corrected chi connectivity index (χ0v) is 18.5. The monoisotopic (exact) mass is 429 g/mol. The van der Waals surface area contributed by atoms with E-state index in [9.17, 15) is 9.18 Å². The predicted octanol–water partition coefficient (Wildman–Crippen LogP) is 3.89. The molecule has 3 unspecified atom stereocenters. The molecule has 2 fully saturated rings. The number of nitrogens with one attached hydrogen (secondary N) is 1. The maximum atomic E-state index is 13.4. The summed E-state index contributed by atoms with van der Waals surface area (Å²) < 4.78 is 18.9. The molecule has 168 valence electrons. The molecule has 1 amide bonds. The molecule has 1 aliphatic carbocycles. The Morgan fingerprint density at radius 3 is 2.48 bits per heavy atom. The summed E-state index contributed by atoms with van der Waals surface area (Å²) in [6.07, 6.45) is 6.88. The van der Waals surface area contributed by atoms with Crippen molar-refractivity contribution in [2.24, 2.45) is 0 Å². The van der Waals surface area contributed by atoms with E-state index in [1.54, 1.807) is 12.4 Å². The number of halogens is 1. The van der Waals surface area contributed by atoms with Crippen LogP contribution in [-0.2, 0) is 4.74 Å². The van der Waals surface area contributed by atoms with Gasteiger partial charge < -0.3 is 10.1 Å². The molecule has 0 radical (unpaired) electrons. The second-order valence-corrected chi connectivity index (χ2v) is 9.68. The number of hydrogen-bond acceptors (Lipinski definition) is 5. The fourth-order valence-corrected chi connectivity index (χ4v) is 4.94. The van der Waals surface area contributed by atoms with Crippen LogP contribution >= 0.6 is 0 Å². The second-order valence-electron chi connectivity index (χ2n) is 9.68. The van der Waals surface area contributed by atoms with E-state index in [1.165, 1.54) is 12.1 Å². The Balaban J connectivity index is 1.47. The molecule has 0 spiro atoms. The fourth-order valence-electron chi connectivity index (χ4n) is 4.94. The number of piperidine rings is 1. The number of ether oxygens (including phenoxy) is 1. The Morgan fingerprint density at radius 1 is 1.13 bits per heavy atom. The van der Waals surface area contributed by atoms with E-state index in [0.717, 1.165) is 44.3 Å². The van der Waals surface area contributed by atoms with Crippen LogP contribution in [0, 0.1) is 5.82 Å². The van der Waals surface area contributed by atoms with Crippen LogP contribution in [0.5, 0.6) is 0 Å². The van der Waals surface area contributed by atoms with Gasteiger partial charge >= 0.3 is 6.09 Å². The fraction of sp³-hybridized carbons (Fsp3) is 0.609. The van der Waals surface area contributed by atoms with Crippen molar-refractivity contribution < 1.29 is 13.9 Å². The van der Waals surface area contributed by atoms with Crippen molar-refractivity contribution in [1.82, 2.24) is 25.2 Å². The number of alkyl carbamates (subject to hydrolysis) is 1. The van der Waals surface area contributed by atoms with Gasteiger partial charge in [0.15, 0.2) is 0 Å². The Hall–Kier alpha value is -2.48. The summed E-state index contributed by atoms with van der Waals surface area (Å²) >= 11 is 0. The molecule has 8 heteroatoms. The number of amides is 1. The van der Waals surface area contributed by atoms with Gasteiger partial charge in [-0.2, -0.15) is 15.0 Å². The topological polar surface area (TPSA) is 72.3 Å². The molecular formula is C23H32FN5O2. The van der Waals surface area contributed by atoms with Crippen molar-refractivity contribution in [3.63, 3.8) is 0 Å². The van der Waals surface area contributed by atoms with Gasteiger partial charge in [-0.25, -0.2) is 9.18 Å². The lowest BCUT2D eigenvalue weighted by Gasteiger charge is -2.39. The highest BCUT2D eigenvalue weighted by atomic mass is 19.1. The van der Waals surface area contributed by atoms with E-state index in [2.05, 4.69) is 20.4 Å². The van der Waals surface area contributed by atoms with E-state index >= 15 is 0 Å². The van der Waals surface area contributed by atoms with Crippen LogP contribution < -0.4 is 5.32 Å². The number of carbonyl (C=O) groups excluding carboxylic acids is 1. The predicted molar refractivity (Wildman–Crippen MR) is 115 cm³/mol. The standard InChI is InChI=1S/C23H32FN5O2/c1-23(2,3)31-22(30)27-19-5-4-12-28(15-19)20-13-17(16-6-8-18(24)9-7-16)14-21(20)29-25-10-11-26-29/h6-11,17,19-21H,4-5,12-15H2,1-3H3,(H,27,30)/t17?,19-,20?,21?/m1/s1. The Bertz CT molecular complexity index is 865. The molecule has 1 aromatic carbocycles. The van der Waals surface area contributed by atoms with Crippen LogP contribution in [-0.4, -0.2) is 56.8 Å². The van der Waals surface area contributed by atoms with Gasteiger partial charge in [0.25, 0.3) is 0 Å². The number of rotatable bonds is 4. The maximum Gasteiger partial charge on any atom is 0.407 e. The first kappa shape index (κ1) is 21.7. The molecule has 2 heterocycles. The van der Waals surface area contributed by atoms with Crippen molar-refractivity contribution in [3.8, 4) is 0 Å². The molecular weight excluding hydrogens is 397 g/mol. The summed E-state index contributed by atoms with van der Waals surface area (Å²) in [6.45, 7) is 7.36. The average Bonchev–Trinajstić information content (AvgIpc) is 3.37. The molecule has 1 N–H and O–H groups in total. The first-order valence-corrected chi connectivity index (χ1v) is 11.1. The van der Waals surface area contributed by atoms with Crippen LogP contribution in [0.3, 0.4) is 0 Å². The van der Waals surface area contributed by atoms with Gasteiger partial charge in [-0.05, 0) is 76.6 Å². The van der Waals surface area contributed by atoms with Gasteiger partial charge in [0.1, 0.15) is 11.4 Å². The summed E-state index contributed by atoms with van der Waals surface area (Å²) in [7, 11) is 0. The largest absolute Gasteiger partial charge is 0.444 e. The van der Waals surface area contributed by atoms with Crippen molar-refractivity contribution in [1.29, 1.82) is 0 Å². The first-order valence-electron chi connectivity index (χ1n) is 11.1. The maximum absolute atomic E-state index is 13.4. The van der Waals surface area contributed by atoms with E-state index in [-0.39, 0.29) is 30.0 Å². The van der Waals surface area contributed by atoms with E-state index in [1.807, 2.05) is 37.7 Å². The van der Waals surface area contributed by atoms with Gasteiger partial charge in [0, 0.05) is 18.6 Å². The number of nitrogens with zero attached hydrogens (tertiary/aromatic N) is 4. The molecule has 4 rings (SSSR count). The third-order valence-corrected chi connectivity index (χ3v) is 6.21. The molecule has 31 heavy (non-hydrogen) atoms. The summed E-state index contributed by atoms with van der Waals surface area (Å²) in [5.41, 5.74) is 0.643. The normalized spacial score (nSPS) is 27.2. The lowest BCUT2D eigenvalue weighted by Crippen LogP contribution is -2.52. The quantitative estimate of drug-likeness (QED) is 0.798. The van der Waals surface area contributed by atoms with Crippen LogP contribution in [0.2, 0.25) is 0 Å². The summed E-state index contributed by atoms with van der Waals surface area (Å²) in [5, 5.41) is 11.9. The highest BCUT2D eigenvalue weighted by molar-refractivity contribution is 5.68. The number of aromatic nitrogens is 3. The summed E-state index contributed by atoms with van der Waals surface area (Å²) in [5.74, 6) is 0.108. The molecule has 1 saturated carbocycles. The van der Waals surface area contributed by atoms with E-state index in [4.69, 9.17) is 4.74 Å². The molecule has 2 aliphatic rings. The third-order valence-electron chi connectivity index (χ3n) is 6.21. The van der Waals surface area contributed by atoms with Gasteiger partial charge in [-0.1, -0.05) is 12.1 Å². The Labute approximate surface area is 182 Å². The van der Waals surface area contributed by atoms with Crippen molar-refractivity contribution in [3.05, 3.63) is 48.0 Å². The van der Waals surface area contributed by atoms with Crippen molar-refractivity contribution in [2.75, 3.05) is 13.1 Å². The number of benzene rings is 1. The van der Waals surface area contributed by atoms with Gasteiger partial charge in [0.2, 0.25) is 0 Å². The zero-order valence-electron chi connectivity index (χ0n) is 18.5. The van der Waals surface area contributed by atoms with Crippen LogP contribution in [0.25, 0.3) is 0 Å². The number of hydrogen-bond donors (Lipinski definition) is 1. The highest BCUT2D eigenvalue weighted by Crippen LogP contribution is 2.43. The van der Waals surface area contributed by atoms with Crippen LogP contribution in [0.4, 0.5) is 9.18 Å². The minimum absolute atomic E-state index is 0.0553. The van der Waals surface area contributed by atoms with Crippen LogP contribution in [0.1, 0.15) is 64.0 Å². The smallest absolute Gasteiger partial charge is 0.407 e. The van der Waals surface area contributed by atoms with Crippen molar-refractivity contribution in [2.45, 2.75) is 76.1 Å². The lowest BCUT2D eigenvalue weighted by atomic mass is 9.97. The molecule has 1 saturated heterocycles. The Morgan fingerprint density at radius 2 is 1.81 bits per heavy atom. The Kier molecular flexibility index (Phi) is 6.27. The van der Waals surface area contributed by atoms with Crippen molar-refractivity contribution >= 4 is 6.09 Å². The van der Waals surface area contributed by atoms with Gasteiger partial charge in [-0.15, -0.1) is 0 Å². The third kappa shape index (κ3) is 5.42. The van der Waals surface area contributed by atoms with Crippen LogP contribution in [0.15, 0.2) is 36.7 Å². The van der Waals surface area contributed by atoms with Gasteiger partial charge in [0.05, 0.1) is 18.4 Å². The molecule has 4 atom stereocenters. The van der Waals surface area contributed by atoms with E-state index in [0.29, 0.717) is 5.92 Å². The lowest BCUT2D eigenvalue weighted by molar-refractivity contribution is 0.0439. The molecule has 1 aromatic heterocycles. The molecule has 7 nitrogen and oxygen atoms in total. The molecule has 2 aromatic rings. The SMILES string of the molecule is CC(C)(C)OC(=O)N[C@@H]1CCCN(C2CC(c3ccc(F)cc3)CC2n2nccn2)C1. The minimum Gasteiger partial charge on any atom is -0.444 e. The average molecular weight is 430 g/mol. The van der Waals surface area contributed by atoms with Gasteiger partial charge in [-0.3, -0.25) is 4.90 Å². The number of carbonyl (C=O) groups is 1. The minimum atomic E-state index is -0.511. The second kappa shape index (κ2) is 8.94. The molecule has 0 bridgehead atoms. The van der Waals surface area contributed by atoms with E-state index < -0.39 is 5.60 Å². The number of likely N-dealkylation sites (tertiary alicyclic amines) is 1. The summed E-state index contributed by atoms with van der Waals surface area (Å²) in [6, 6.07) is 7.30. The molecule has 1 aliphatic heterocycles.